The molecule has 3 aliphatic heterocycles. The molecule has 4 heterocycles. The number of anilines is 2. The number of hydrogen-bond donors (Lipinski definition) is 0. The number of aliphatic imine (C=N–C) groups is 2. The molecule has 1 aliphatic carbocycles. The lowest BCUT2D eigenvalue weighted by atomic mass is 9.83. The Morgan fingerprint density at radius 1 is 0.660 bits per heavy atom. The number of allylic oxidation sites excluding steroid dienone is 6. The maximum atomic E-state index is 5.19. The van der Waals surface area contributed by atoms with Crippen LogP contribution in [0.3, 0.4) is 0 Å². The molecule has 6 aromatic rings. The first-order valence-electron chi connectivity index (χ1n) is 17.7. The third-order valence-corrected chi connectivity index (χ3v) is 10.9. The monoisotopic (exact) mass is 644 g/mol. The third-order valence-electron chi connectivity index (χ3n) is 10.9. The summed E-state index contributed by atoms with van der Waals surface area (Å²) in [5.74, 6) is 0.358. The van der Waals surface area contributed by atoms with Gasteiger partial charge in [-0.2, -0.15) is 0 Å². The molecule has 50 heavy (non-hydrogen) atoms. The number of hydrogen-bond acceptors (Lipinski definition) is 3. The minimum atomic E-state index is 0.358. The lowest BCUT2D eigenvalue weighted by Gasteiger charge is -2.27. The predicted octanol–water partition coefficient (Wildman–Crippen LogP) is 11.3. The van der Waals surface area contributed by atoms with Crippen molar-refractivity contribution >= 4 is 50.8 Å². The zero-order valence-electron chi connectivity index (χ0n) is 27.8. The van der Waals surface area contributed by atoms with Crippen LogP contribution in [0.4, 0.5) is 11.4 Å². The van der Waals surface area contributed by atoms with Crippen molar-refractivity contribution in [3.8, 4) is 5.69 Å². The smallest absolute Gasteiger partial charge is 0.0665 e. The molecule has 5 aromatic carbocycles. The van der Waals surface area contributed by atoms with E-state index in [0.29, 0.717) is 5.92 Å². The average molecular weight is 645 g/mol. The fourth-order valence-electron chi connectivity index (χ4n) is 8.42. The molecule has 0 radical (unpaired) electrons. The van der Waals surface area contributed by atoms with Crippen LogP contribution in [-0.4, -0.2) is 23.0 Å². The number of rotatable bonds is 4. The van der Waals surface area contributed by atoms with Gasteiger partial charge in [0.05, 0.1) is 23.3 Å². The maximum Gasteiger partial charge on any atom is 0.0665 e. The molecule has 1 atom stereocenters. The molecular formula is C46H36N4. The number of nitrogens with zero attached hydrogens (tertiary/aromatic N) is 4. The van der Waals surface area contributed by atoms with Crippen LogP contribution >= 0.6 is 0 Å². The summed E-state index contributed by atoms with van der Waals surface area (Å²) in [6.07, 6.45) is 13.0. The van der Waals surface area contributed by atoms with E-state index in [0.717, 1.165) is 43.5 Å². The van der Waals surface area contributed by atoms with Crippen LogP contribution in [0.1, 0.15) is 42.7 Å². The van der Waals surface area contributed by atoms with Crippen LogP contribution < -0.4 is 4.90 Å². The summed E-state index contributed by atoms with van der Waals surface area (Å²) in [5.41, 5.74) is 16.5. The Kier molecular flexibility index (Phi) is 6.87. The number of fused-ring (bicyclic) bond motifs is 6. The SMILES string of the molecule is C1=NC(c2ccc3c(c2)c2ccccc2n3-c2ccccc2)=CC/C1=C1\CCC(C2=CC=C3C(C2)c2ccccc2N3c2ccccc2)=NC1. The number of aromatic nitrogens is 1. The van der Waals surface area contributed by atoms with Crippen molar-refractivity contribution in [3.05, 3.63) is 179 Å². The molecule has 4 nitrogen and oxygen atoms in total. The summed E-state index contributed by atoms with van der Waals surface area (Å²) in [5, 5.41) is 2.52. The van der Waals surface area contributed by atoms with Crippen molar-refractivity contribution < 1.29 is 0 Å². The van der Waals surface area contributed by atoms with E-state index >= 15 is 0 Å². The topological polar surface area (TPSA) is 32.9 Å². The minimum Gasteiger partial charge on any atom is -0.313 e. The molecule has 0 saturated heterocycles. The highest BCUT2D eigenvalue weighted by molar-refractivity contribution is 6.10. The molecule has 0 saturated carbocycles. The summed E-state index contributed by atoms with van der Waals surface area (Å²) in [6, 6.07) is 45.7. The van der Waals surface area contributed by atoms with Crippen molar-refractivity contribution in [3.63, 3.8) is 0 Å². The highest BCUT2D eigenvalue weighted by Crippen LogP contribution is 2.51. The zero-order valence-corrected chi connectivity index (χ0v) is 27.8. The van der Waals surface area contributed by atoms with Gasteiger partial charge >= 0.3 is 0 Å². The van der Waals surface area contributed by atoms with E-state index in [2.05, 4.69) is 161 Å². The van der Waals surface area contributed by atoms with Gasteiger partial charge < -0.3 is 9.47 Å². The molecule has 0 bridgehead atoms. The van der Waals surface area contributed by atoms with Gasteiger partial charge in [0.15, 0.2) is 0 Å². The second kappa shape index (κ2) is 11.9. The number of benzene rings is 5. The Morgan fingerprint density at radius 2 is 1.42 bits per heavy atom. The van der Waals surface area contributed by atoms with Crippen LogP contribution in [0.25, 0.3) is 33.2 Å². The molecule has 0 fully saturated rings. The Balaban J connectivity index is 0.892. The Labute approximate surface area is 292 Å². The van der Waals surface area contributed by atoms with Crippen molar-refractivity contribution in [1.82, 2.24) is 4.57 Å². The van der Waals surface area contributed by atoms with Gasteiger partial charge in [-0.25, -0.2) is 0 Å². The fraction of sp³-hybridized carbons (Fsp3) is 0.130. The van der Waals surface area contributed by atoms with Gasteiger partial charge in [0, 0.05) is 56.9 Å². The molecule has 240 valence electrons. The zero-order chi connectivity index (χ0) is 33.0. The highest BCUT2D eigenvalue weighted by atomic mass is 15.2. The molecule has 0 amide bonds. The van der Waals surface area contributed by atoms with E-state index in [-0.39, 0.29) is 0 Å². The predicted molar refractivity (Wildman–Crippen MR) is 209 cm³/mol. The summed E-state index contributed by atoms with van der Waals surface area (Å²) in [6.45, 7) is 0.760. The molecule has 10 rings (SSSR count). The first-order chi connectivity index (χ1) is 24.8. The summed E-state index contributed by atoms with van der Waals surface area (Å²) < 4.78 is 2.36. The normalized spacial score (nSPS) is 19.9. The quantitative estimate of drug-likeness (QED) is 0.188. The van der Waals surface area contributed by atoms with Crippen LogP contribution in [0.5, 0.6) is 0 Å². The van der Waals surface area contributed by atoms with Crippen molar-refractivity contribution in [2.24, 2.45) is 9.98 Å². The van der Waals surface area contributed by atoms with E-state index in [4.69, 9.17) is 9.98 Å². The first kappa shape index (κ1) is 29.0. The summed E-state index contributed by atoms with van der Waals surface area (Å²) >= 11 is 0. The van der Waals surface area contributed by atoms with Gasteiger partial charge in [-0.3, -0.25) is 9.98 Å². The lowest BCUT2D eigenvalue weighted by molar-refractivity contribution is 0.790. The van der Waals surface area contributed by atoms with E-state index in [9.17, 15) is 0 Å². The van der Waals surface area contributed by atoms with Gasteiger partial charge in [-0.1, -0.05) is 91.0 Å². The van der Waals surface area contributed by atoms with Gasteiger partial charge in [-0.05, 0) is 103 Å². The molecule has 1 unspecified atom stereocenters. The molecular weight excluding hydrogens is 609 g/mol. The largest absolute Gasteiger partial charge is 0.313 e. The molecule has 1 aromatic heterocycles. The molecule has 4 aliphatic rings. The summed E-state index contributed by atoms with van der Waals surface area (Å²) in [7, 11) is 0. The molecule has 4 heteroatoms. The maximum absolute atomic E-state index is 5.19. The minimum absolute atomic E-state index is 0.358. The number of para-hydroxylation sites is 4. The summed E-state index contributed by atoms with van der Waals surface area (Å²) in [4.78, 5) is 12.6. The van der Waals surface area contributed by atoms with Crippen molar-refractivity contribution in [2.75, 3.05) is 11.4 Å². The van der Waals surface area contributed by atoms with Gasteiger partial charge in [0.2, 0.25) is 0 Å². The van der Waals surface area contributed by atoms with Crippen molar-refractivity contribution in [2.45, 2.75) is 31.6 Å². The van der Waals surface area contributed by atoms with Crippen LogP contribution in [-0.2, 0) is 0 Å². The van der Waals surface area contributed by atoms with Crippen LogP contribution in [0.15, 0.2) is 178 Å². The Bertz CT molecular complexity index is 2510. The standard InChI is InChI=1S/C46H36N4/c1-3-11-35(12-4-1)49-43-17-9-7-15-37(43)39-27-31(21-25-45(39)49)41-23-19-33(29-47-41)34-20-24-42(48-30-34)32-22-26-46-40(28-32)38-16-8-10-18-44(38)50(46)36-13-5-2-6-14-36/h1-18,21-23,25-27,29,40H,19-20,24,28,30H2/b34-33-. The second-order valence-electron chi connectivity index (χ2n) is 13.6. The van der Waals surface area contributed by atoms with E-state index < -0.39 is 0 Å². The van der Waals surface area contributed by atoms with Gasteiger partial charge in [0.25, 0.3) is 0 Å². The van der Waals surface area contributed by atoms with Crippen LogP contribution in [0, 0.1) is 0 Å². The van der Waals surface area contributed by atoms with E-state index in [1.807, 2.05) is 0 Å². The van der Waals surface area contributed by atoms with Gasteiger partial charge in [-0.15, -0.1) is 0 Å². The van der Waals surface area contributed by atoms with Crippen LogP contribution in [0.2, 0.25) is 0 Å². The van der Waals surface area contributed by atoms with Crippen molar-refractivity contribution in [1.29, 1.82) is 0 Å². The van der Waals surface area contributed by atoms with E-state index in [1.165, 1.54) is 72.6 Å². The fourth-order valence-corrected chi connectivity index (χ4v) is 8.42. The Hall–Kier alpha value is -6.00. The molecule has 0 spiro atoms. The molecule has 0 N–H and O–H groups in total. The lowest BCUT2D eigenvalue weighted by Crippen LogP contribution is -2.19. The van der Waals surface area contributed by atoms with Gasteiger partial charge in [0.1, 0.15) is 0 Å². The Morgan fingerprint density at radius 3 is 2.22 bits per heavy atom. The van der Waals surface area contributed by atoms with E-state index in [1.54, 1.807) is 0 Å². The second-order valence-corrected chi connectivity index (χ2v) is 13.6. The highest BCUT2D eigenvalue weighted by Gasteiger charge is 2.37. The first-order valence-corrected chi connectivity index (χ1v) is 17.7. The third kappa shape index (κ3) is 4.74. The average Bonchev–Trinajstić information content (AvgIpc) is 3.71.